The first kappa shape index (κ1) is 10.1. The molecule has 0 fully saturated rings. The minimum atomic E-state index is 0.589. The third kappa shape index (κ3) is 1.37. The lowest BCUT2D eigenvalue weighted by Crippen LogP contribution is -2.00. The number of methoxy groups -OCH3 is 1. The van der Waals surface area contributed by atoms with Crippen molar-refractivity contribution in [1.82, 2.24) is 0 Å². The molecule has 2 aromatic rings. The number of para-hydroxylation sites is 1. The van der Waals surface area contributed by atoms with Gasteiger partial charge in [-0.2, -0.15) is 0 Å². The maximum absolute atomic E-state index is 5.81. The number of aryl methyl sites for hydroxylation is 2. The van der Waals surface area contributed by atoms with Gasteiger partial charge in [0.25, 0.3) is 0 Å². The Hall–Kier alpha value is -2.10. The van der Waals surface area contributed by atoms with Gasteiger partial charge in [-0.15, -0.1) is 0 Å². The van der Waals surface area contributed by atoms with Gasteiger partial charge in [-0.1, -0.05) is 6.07 Å². The summed E-state index contributed by atoms with van der Waals surface area (Å²) in [6.45, 7) is 3.69. The highest BCUT2D eigenvalue weighted by Crippen LogP contribution is 2.52. The minimum Gasteiger partial charge on any atom is -0.493 e. The summed E-state index contributed by atoms with van der Waals surface area (Å²) in [7, 11) is 1.60. The van der Waals surface area contributed by atoms with Crippen LogP contribution in [0.4, 0.5) is 0 Å². The Bertz CT molecular complexity index is 583. The van der Waals surface area contributed by atoms with Crippen molar-refractivity contribution in [2.75, 3.05) is 7.11 Å². The predicted octanol–water partition coefficient (Wildman–Crippen LogP) is 3.80. The van der Waals surface area contributed by atoms with Gasteiger partial charge in [0, 0.05) is 0 Å². The van der Waals surface area contributed by atoms with Crippen LogP contribution >= 0.6 is 0 Å². The quantitative estimate of drug-likeness (QED) is 0.639. The average molecular weight is 232 g/mol. The molecule has 17 heavy (non-hydrogen) atoms. The highest BCUT2D eigenvalue weighted by Gasteiger charge is 2.28. The fraction of sp³-hybridized carbons (Fsp3) is 0.231. The van der Waals surface area contributed by atoms with Crippen LogP contribution in [0, 0.1) is 13.8 Å². The number of hydrogen-bond acceptors (Lipinski definition) is 4. The van der Waals surface area contributed by atoms with Gasteiger partial charge in [0.05, 0.1) is 7.11 Å². The molecule has 3 rings (SSSR count). The Morgan fingerprint density at radius 3 is 2.35 bits per heavy atom. The first-order valence-electron chi connectivity index (χ1n) is 5.33. The van der Waals surface area contributed by atoms with E-state index in [1.807, 2.05) is 32.0 Å². The fourth-order valence-electron chi connectivity index (χ4n) is 1.93. The van der Waals surface area contributed by atoms with E-state index in [0.717, 1.165) is 0 Å². The molecule has 0 unspecified atom stereocenters. The number of rotatable bonds is 1. The third-order valence-electron chi connectivity index (χ3n) is 2.73. The number of benzene rings is 1. The lowest BCUT2D eigenvalue weighted by atomic mass is 10.2. The molecule has 1 aliphatic rings. The van der Waals surface area contributed by atoms with Gasteiger partial charge in [-0.25, -0.2) is 0 Å². The van der Waals surface area contributed by atoms with Gasteiger partial charge in [0.1, 0.15) is 11.5 Å². The van der Waals surface area contributed by atoms with Crippen LogP contribution in [-0.4, -0.2) is 7.11 Å². The van der Waals surface area contributed by atoms with E-state index in [1.165, 1.54) is 0 Å². The van der Waals surface area contributed by atoms with Crippen molar-refractivity contribution in [3.05, 3.63) is 29.7 Å². The summed E-state index contributed by atoms with van der Waals surface area (Å²) in [4.78, 5) is 0. The molecule has 0 atom stereocenters. The first-order valence-corrected chi connectivity index (χ1v) is 5.33. The van der Waals surface area contributed by atoms with E-state index < -0.39 is 0 Å². The maximum Gasteiger partial charge on any atom is 0.212 e. The Morgan fingerprint density at radius 2 is 1.65 bits per heavy atom. The first-order chi connectivity index (χ1) is 8.20. The molecular weight excluding hydrogens is 220 g/mol. The highest BCUT2D eigenvalue weighted by atomic mass is 16.6. The lowest BCUT2D eigenvalue weighted by Gasteiger charge is -2.19. The summed E-state index contributed by atoms with van der Waals surface area (Å²) in [6, 6.07) is 5.52. The van der Waals surface area contributed by atoms with E-state index in [-0.39, 0.29) is 0 Å². The molecule has 0 saturated carbocycles. The second-order valence-electron chi connectivity index (χ2n) is 3.86. The number of hydrogen-bond donors (Lipinski definition) is 0. The molecule has 0 bridgehead atoms. The smallest absolute Gasteiger partial charge is 0.212 e. The van der Waals surface area contributed by atoms with Gasteiger partial charge in [0.2, 0.25) is 17.2 Å². The predicted molar refractivity (Wildman–Crippen MR) is 61.3 cm³/mol. The largest absolute Gasteiger partial charge is 0.493 e. The lowest BCUT2D eigenvalue weighted by molar-refractivity contribution is 0.328. The molecular formula is C13H12O4. The van der Waals surface area contributed by atoms with E-state index in [0.29, 0.717) is 40.3 Å². The molecule has 0 amide bonds. The Balaban J connectivity index is 2.15. The van der Waals surface area contributed by atoms with E-state index in [1.54, 1.807) is 7.11 Å². The number of furan rings is 1. The monoisotopic (exact) mass is 232 g/mol. The van der Waals surface area contributed by atoms with Gasteiger partial charge in [-0.3, -0.25) is 0 Å². The van der Waals surface area contributed by atoms with Crippen LogP contribution in [0.5, 0.6) is 28.7 Å². The molecule has 4 heteroatoms. The van der Waals surface area contributed by atoms with Crippen molar-refractivity contribution in [2.45, 2.75) is 13.8 Å². The summed E-state index contributed by atoms with van der Waals surface area (Å²) in [6.07, 6.45) is 0. The molecule has 1 aliphatic heterocycles. The van der Waals surface area contributed by atoms with Crippen LogP contribution < -0.4 is 14.2 Å². The Morgan fingerprint density at radius 1 is 0.941 bits per heavy atom. The van der Waals surface area contributed by atoms with Crippen molar-refractivity contribution >= 4 is 0 Å². The van der Waals surface area contributed by atoms with Crippen LogP contribution in [0.3, 0.4) is 0 Å². The second-order valence-corrected chi connectivity index (χ2v) is 3.86. The van der Waals surface area contributed by atoms with E-state index in [2.05, 4.69) is 0 Å². The third-order valence-corrected chi connectivity index (χ3v) is 2.73. The zero-order valence-corrected chi connectivity index (χ0v) is 9.87. The molecule has 0 spiro atoms. The molecule has 1 aromatic carbocycles. The minimum absolute atomic E-state index is 0.589. The van der Waals surface area contributed by atoms with E-state index in [9.17, 15) is 0 Å². The zero-order chi connectivity index (χ0) is 12.0. The van der Waals surface area contributed by atoms with E-state index >= 15 is 0 Å². The number of ether oxygens (including phenoxy) is 3. The summed E-state index contributed by atoms with van der Waals surface area (Å²) in [5.41, 5.74) is 0. The van der Waals surface area contributed by atoms with Crippen LogP contribution in [0.1, 0.15) is 11.5 Å². The Kier molecular flexibility index (Phi) is 2.04. The van der Waals surface area contributed by atoms with Crippen molar-refractivity contribution < 1.29 is 18.6 Å². The zero-order valence-electron chi connectivity index (χ0n) is 9.87. The van der Waals surface area contributed by atoms with Gasteiger partial charge >= 0.3 is 0 Å². The summed E-state index contributed by atoms with van der Waals surface area (Å²) in [5.74, 6) is 4.56. The summed E-state index contributed by atoms with van der Waals surface area (Å²) >= 11 is 0. The molecule has 88 valence electrons. The van der Waals surface area contributed by atoms with E-state index in [4.69, 9.17) is 18.6 Å². The molecule has 2 heterocycles. The molecule has 0 N–H and O–H groups in total. The van der Waals surface area contributed by atoms with Gasteiger partial charge in [-0.05, 0) is 26.0 Å². The van der Waals surface area contributed by atoms with Crippen molar-refractivity contribution in [3.8, 4) is 28.7 Å². The van der Waals surface area contributed by atoms with Crippen LogP contribution in [0.15, 0.2) is 22.6 Å². The second kappa shape index (κ2) is 3.45. The topological polar surface area (TPSA) is 40.8 Å². The van der Waals surface area contributed by atoms with Crippen LogP contribution in [0.2, 0.25) is 0 Å². The number of fused-ring (bicyclic) bond motifs is 2. The highest BCUT2D eigenvalue weighted by molar-refractivity contribution is 5.61. The Labute approximate surface area is 98.7 Å². The van der Waals surface area contributed by atoms with Gasteiger partial charge < -0.3 is 18.6 Å². The summed E-state index contributed by atoms with van der Waals surface area (Å²) < 4.78 is 22.3. The van der Waals surface area contributed by atoms with Crippen LogP contribution in [-0.2, 0) is 0 Å². The standard InChI is InChI=1S/C13H12O4/c1-7-11-12(8(2)15-7)17-13-9(14-3)5-4-6-10(13)16-11/h4-6H,1-3H3. The summed E-state index contributed by atoms with van der Waals surface area (Å²) in [5, 5.41) is 0. The van der Waals surface area contributed by atoms with Crippen molar-refractivity contribution in [2.24, 2.45) is 0 Å². The molecule has 1 aromatic heterocycles. The average Bonchev–Trinajstić information content (AvgIpc) is 2.62. The maximum atomic E-state index is 5.81. The fourth-order valence-corrected chi connectivity index (χ4v) is 1.93. The van der Waals surface area contributed by atoms with Crippen LogP contribution in [0.25, 0.3) is 0 Å². The molecule has 0 aliphatic carbocycles. The van der Waals surface area contributed by atoms with Gasteiger partial charge in [0.15, 0.2) is 11.5 Å². The SMILES string of the molecule is COc1cccc2c1Oc1c(C)oc(C)c1O2. The normalized spacial score (nSPS) is 12.2. The van der Waals surface area contributed by atoms with Crippen molar-refractivity contribution in [3.63, 3.8) is 0 Å². The molecule has 4 nitrogen and oxygen atoms in total. The molecule has 0 radical (unpaired) electrons. The van der Waals surface area contributed by atoms with Crippen molar-refractivity contribution in [1.29, 1.82) is 0 Å². The molecule has 0 saturated heterocycles.